The number of anilines is 1. The van der Waals surface area contributed by atoms with E-state index in [1.807, 2.05) is 12.1 Å². The number of hydrogen-bond acceptors (Lipinski definition) is 4. The number of benzene rings is 1. The molecule has 2 heterocycles. The molecule has 0 aliphatic carbocycles. The Bertz CT molecular complexity index is 538. The second-order valence-electron chi connectivity index (χ2n) is 4.91. The Morgan fingerprint density at radius 1 is 1.25 bits per heavy atom. The van der Waals surface area contributed by atoms with Gasteiger partial charge in [-0.25, -0.2) is 0 Å². The Labute approximate surface area is 140 Å². The monoisotopic (exact) mass is 394 g/mol. The number of rotatable bonds is 1. The van der Waals surface area contributed by atoms with Gasteiger partial charge in [0.25, 0.3) is 0 Å². The zero-order chi connectivity index (χ0) is 14.2. The van der Waals surface area contributed by atoms with Crippen molar-refractivity contribution in [2.24, 2.45) is 4.99 Å². The molecule has 2 aliphatic rings. The van der Waals surface area contributed by atoms with Crippen LogP contribution >= 0.6 is 50.9 Å². The molecule has 1 aromatic rings. The van der Waals surface area contributed by atoms with Crippen molar-refractivity contribution >= 4 is 61.7 Å². The van der Waals surface area contributed by atoms with Crippen LogP contribution in [0.2, 0.25) is 10.0 Å². The van der Waals surface area contributed by atoms with E-state index in [-0.39, 0.29) is 5.54 Å². The van der Waals surface area contributed by atoms with Crippen LogP contribution in [0.5, 0.6) is 0 Å². The van der Waals surface area contributed by atoms with Crippen LogP contribution in [0.25, 0.3) is 0 Å². The van der Waals surface area contributed by atoms with Crippen molar-refractivity contribution in [1.29, 1.82) is 0 Å². The van der Waals surface area contributed by atoms with Crippen molar-refractivity contribution in [3.8, 4) is 0 Å². The molecule has 1 N–H and O–H groups in total. The van der Waals surface area contributed by atoms with E-state index >= 15 is 0 Å². The second-order valence-corrected chi connectivity index (χ2v) is 7.61. The third kappa shape index (κ3) is 3.12. The highest BCUT2D eigenvalue weighted by Gasteiger charge is 2.37. The summed E-state index contributed by atoms with van der Waals surface area (Å²) in [6.07, 6.45) is 1.96. The van der Waals surface area contributed by atoms with Gasteiger partial charge in [-0.2, -0.15) is 0 Å². The van der Waals surface area contributed by atoms with Gasteiger partial charge in [0.2, 0.25) is 0 Å². The van der Waals surface area contributed by atoms with E-state index < -0.39 is 0 Å². The molecule has 2 aliphatic heterocycles. The summed E-state index contributed by atoms with van der Waals surface area (Å²) in [7, 11) is 0. The molecule has 0 aromatic heterocycles. The molecule has 20 heavy (non-hydrogen) atoms. The number of hydrogen-bond donors (Lipinski definition) is 1. The molecule has 1 saturated heterocycles. The summed E-state index contributed by atoms with van der Waals surface area (Å²) in [6, 6.07) is 3.64. The molecule has 7 heteroatoms. The minimum absolute atomic E-state index is 0.0273. The number of nitrogens with one attached hydrogen (secondary N) is 1. The number of nitrogens with zero attached hydrogens (tertiary/aromatic N) is 1. The van der Waals surface area contributed by atoms with Crippen LogP contribution in [-0.4, -0.2) is 29.7 Å². The van der Waals surface area contributed by atoms with Gasteiger partial charge in [0.15, 0.2) is 5.17 Å². The van der Waals surface area contributed by atoms with Gasteiger partial charge in [-0.3, -0.25) is 4.99 Å². The molecule has 0 radical (unpaired) electrons. The molecular formula is C13H13BrCl2N2OS. The summed E-state index contributed by atoms with van der Waals surface area (Å²) in [6.45, 7) is 1.58. The maximum absolute atomic E-state index is 6.23. The lowest BCUT2D eigenvalue weighted by Crippen LogP contribution is -2.34. The van der Waals surface area contributed by atoms with E-state index in [0.29, 0.717) is 15.7 Å². The van der Waals surface area contributed by atoms with Crippen LogP contribution < -0.4 is 5.32 Å². The first-order chi connectivity index (χ1) is 9.58. The molecular weight excluding hydrogens is 383 g/mol. The van der Waals surface area contributed by atoms with Crippen molar-refractivity contribution in [2.45, 2.75) is 18.4 Å². The fourth-order valence-electron chi connectivity index (χ4n) is 2.32. The van der Waals surface area contributed by atoms with Crippen LogP contribution in [0.4, 0.5) is 5.69 Å². The average Bonchev–Trinajstić information content (AvgIpc) is 2.77. The zero-order valence-electron chi connectivity index (χ0n) is 10.6. The van der Waals surface area contributed by atoms with E-state index in [0.717, 1.165) is 41.4 Å². The number of halogens is 3. The van der Waals surface area contributed by atoms with E-state index in [9.17, 15) is 0 Å². The first-order valence-electron chi connectivity index (χ1n) is 6.30. The Morgan fingerprint density at radius 2 is 1.90 bits per heavy atom. The lowest BCUT2D eigenvalue weighted by Gasteiger charge is -2.29. The van der Waals surface area contributed by atoms with Gasteiger partial charge >= 0.3 is 0 Å². The SMILES string of the molecule is Clc1cc(Br)cc(Cl)c1NC1=NC2(CCOCC2)CS1. The first kappa shape index (κ1) is 15.0. The normalized spacial score (nSPS) is 21.1. The topological polar surface area (TPSA) is 33.6 Å². The van der Waals surface area contributed by atoms with Crippen molar-refractivity contribution in [2.75, 3.05) is 24.3 Å². The molecule has 0 saturated carbocycles. The lowest BCUT2D eigenvalue weighted by molar-refractivity contribution is 0.0624. The fourth-order valence-corrected chi connectivity index (χ4v) is 4.82. The van der Waals surface area contributed by atoms with Crippen LogP contribution in [0.1, 0.15) is 12.8 Å². The highest BCUT2D eigenvalue weighted by Crippen LogP contribution is 2.39. The quantitative estimate of drug-likeness (QED) is 0.739. The molecule has 1 aromatic carbocycles. The molecule has 3 rings (SSSR count). The third-order valence-electron chi connectivity index (χ3n) is 3.48. The maximum atomic E-state index is 6.23. The molecule has 1 fully saturated rings. The van der Waals surface area contributed by atoms with E-state index in [4.69, 9.17) is 32.9 Å². The standard InChI is InChI=1S/C13H13BrCl2N2OS/c14-8-5-9(15)11(10(16)6-8)17-12-18-13(7-20-12)1-3-19-4-2-13/h5-6H,1-4,7H2,(H,17,18). The van der Waals surface area contributed by atoms with E-state index in [2.05, 4.69) is 21.2 Å². The average molecular weight is 396 g/mol. The molecule has 0 unspecified atom stereocenters. The van der Waals surface area contributed by atoms with E-state index in [1.165, 1.54) is 0 Å². The van der Waals surface area contributed by atoms with Gasteiger partial charge in [0.05, 0.1) is 21.3 Å². The van der Waals surface area contributed by atoms with Gasteiger partial charge in [0.1, 0.15) is 0 Å². The largest absolute Gasteiger partial charge is 0.381 e. The Kier molecular flexibility index (Phi) is 4.53. The fraction of sp³-hybridized carbons (Fsp3) is 0.462. The zero-order valence-corrected chi connectivity index (χ0v) is 14.5. The predicted octanol–water partition coefficient (Wildman–Crippen LogP) is 4.82. The summed E-state index contributed by atoms with van der Waals surface area (Å²) in [4.78, 5) is 4.84. The van der Waals surface area contributed by atoms with Crippen LogP contribution in [-0.2, 0) is 4.74 Å². The van der Waals surface area contributed by atoms with Crippen LogP contribution in [0, 0.1) is 0 Å². The Balaban J connectivity index is 1.80. The summed E-state index contributed by atoms with van der Waals surface area (Å²) >= 11 is 17.5. The Morgan fingerprint density at radius 3 is 2.55 bits per heavy atom. The van der Waals surface area contributed by atoms with Gasteiger partial charge in [-0.15, -0.1) is 0 Å². The van der Waals surface area contributed by atoms with Gasteiger partial charge < -0.3 is 10.1 Å². The predicted molar refractivity (Wildman–Crippen MR) is 90.5 cm³/mol. The number of ether oxygens (including phenoxy) is 1. The van der Waals surface area contributed by atoms with Crippen LogP contribution in [0.15, 0.2) is 21.6 Å². The maximum Gasteiger partial charge on any atom is 0.161 e. The number of aliphatic imine (C=N–C) groups is 1. The minimum atomic E-state index is 0.0273. The summed E-state index contributed by atoms with van der Waals surface area (Å²) < 4.78 is 6.28. The molecule has 3 nitrogen and oxygen atoms in total. The van der Waals surface area contributed by atoms with Gasteiger partial charge in [0, 0.05) is 23.4 Å². The van der Waals surface area contributed by atoms with E-state index in [1.54, 1.807) is 11.8 Å². The highest BCUT2D eigenvalue weighted by molar-refractivity contribution is 9.10. The molecule has 108 valence electrons. The Hall–Kier alpha value is 0.0600. The summed E-state index contributed by atoms with van der Waals surface area (Å²) in [5.41, 5.74) is 0.742. The van der Waals surface area contributed by atoms with Gasteiger partial charge in [-0.1, -0.05) is 50.9 Å². The summed E-state index contributed by atoms with van der Waals surface area (Å²) in [5.74, 6) is 0.991. The molecule has 1 spiro atoms. The minimum Gasteiger partial charge on any atom is -0.381 e. The van der Waals surface area contributed by atoms with Crippen LogP contribution in [0.3, 0.4) is 0 Å². The first-order valence-corrected chi connectivity index (χ1v) is 8.83. The van der Waals surface area contributed by atoms with Crippen molar-refractivity contribution in [1.82, 2.24) is 0 Å². The number of amidine groups is 1. The molecule has 0 amide bonds. The highest BCUT2D eigenvalue weighted by atomic mass is 79.9. The summed E-state index contributed by atoms with van der Waals surface area (Å²) in [5, 5.41) is 5.32. The lowest BCUT2D eigenvalue weighted by atomic mass is 9.93. The smallest absolute Gasteiger partial charge is 0.161 e. The number of thioether (sulfide) groups is 1. The molecule has 0 atom stereocenters. The van der Waals surface area contributed by atoms with Crippen molar-refractivity contribution in [3.05, 3.63) is 26.7 Å². The van der Waals surface area contributed by atoms with Gasteiger partial charge in [-0.05, 0) is 25.0 Å². The molecule has 0 bridgehead atoms. The third-order valence-corrected chi connectivity index (χ3v) is 5.68. The van der Waals surface area contributed by atoms with Crippen molar-refractivity contribution < 1.29 is 4.74 Å². The van der Waals surface area contributed by atoms with Crippen molar-refractivity contribution in [3.63, 3.8) is 0 Å². The second kappa shape index (κ2) is 6.05.